The van der Waals surface area contributed by atoms with Gasteiger partial charge in [0.25, 0.3) is 0 Å². The van der Waals surface area contributed by atoms with E-state index in [4.69, 9.17) is 0 Å². The fraction of sp³-hybridized carbons (Fsp3) is 1.00. The van der Waals surface area contributed by atoms with Crippen molar-refractivity contribution in [2.24, 2.45) is 5.92 Å². The van der Waals surface area contributed by atoms with Gasteiger partial charge >= 0.3 is 0 Å². The molecule has 0 bridgehead atoms. The van der Waals surface area contributed by atoms with E-state index in [1.165, 1.54) is 77.3 Å². The van der Waals surface area contributed by atoms with Crippen molar-refractivity contribution in [3.05, 3.63) is 0 Å². The molecule has 3 fully saturated rings. The zero-order chi connectivity index (χ0) is 13.1. The normalized spacial score (nSPS) is 36.5. The molecule has 1 aliphatic heterocycles. The molecule has 2 unspecified atom stereocenters. The van der Waals surface area contributed by atoms with E-state index in [9.17, 15) is 0 Å². The number of hydrogen-bond acceptors (Lipinski definition) is 2. The molecular formula is C17H32N2. The van der Waals surface area contributed by atoms with Crippen molar-refractivity contribution in [2.45, 2.75) is 89.3 Å². The quantitative estimate of drug-likeness (QED) is 0.820. The topological polar surface area (TPSA) is 15.3 Å². The van der Waals surface area contributed by atoms with Gasteiger partial charge in [0, 0.05) is 31.2 Å². The predicted molar refractivity (Wildman–Crippen MR) is 81.4 cm³/mol. The highest BCUT2D eigenvalue weighted by Gasteiger charge is 2.38. The van der Waals surface area contributed by atoms with Crippen LogP contribution >= 0.6 is 0 Å². The van der Waals surface area contributed by atoms with Crippen LogP contribution in [0.25, 0.3) is 0 Å². The van der Waals surface area contributed by atoms with Gasteiger partial charge in [0.2, 0.25) is 0 Å². The Labute approximate surface area is 119 Å². The molecular weight excluding hydrogens is 232 g/mol. The summed E-state index contributed by atoms with van der Waals surface area (Å²) in [4.78, 5) is 2.96. The lowest BCUT2D eigenvalue weighted by Gasteiger charge is -2.50. The summed E-state index contributed by atoms with van der Waals surface area (Å²) in [5.74, 6) is 0.978. The van der Waals surface area contributed by atoms with Gasteiger partial charge in [-0.2, -0.15) is 0 Å². The lowest BCUT2D eigenvalue weighted by atomic mass is 9.80. The van der Waals surface area contributed by atoms with Crippen molar-refractivity contribution in [3.8, 4) is 0 Å². The monoisotopic (exact) mass is 264 g/mol. The maximum atomic E-state index is 3.71. The molecule has 0 aromatic carbocycles. The van der Waals surface area contributed by atoms with Crippen LogP contribution < -0.4 is 5.32 Å². The third kappa shape index (κ3) is 3.16. The lowest BCUT2D eigenvalue weighted by Crippen LogP contribution is -2.62. The van der Waals surface area contributed by atoms with Crippen molar-refractivity contribution in [1.82, 2.24) is 10.2 Å². The largest absolute Gasteiger partial charge is 0.314 e. The summed E-state index contributed by atoms with van der Waals surface area (Å²) in [6.45, 7) is 4.92. The minimum absolute atomic E-state index is 0.753. The van der Waals surface area contributed by atoms with Crippen LogP contribution in [0.15, 0.2) is 0 Å². The lowest BCUT2D eigenvalue weighted by molar-refractivity contribution is 0.00303. The van der Waals surface area contributed by atoms with Crippen molar-refractivity contribution in [3.63, 3.8) is 0 Å². The molecule has 3 aliphatic rings. The SMILES string of the molecule is CC1CNCC(C2CCCCC2)N1C1CCCCC1. The Bertz CT molecular complexity index is 266. The van der Waals surface area contributed by atoms with Crippen LogP contribution in [-0.2, 0) is 0 Å². The molecule has 0 aromatic rings. The maximum absolute atomic E-state index is 3.71. The zero-order valence-electron chi connectivity index (χ0n) is 12.7. The summed E-state index contributed by atoms with van der Waals surface area (Å²) in [6.07, 6.45) is 14.8. The first-order valence-electron chi connectivity index (χ1n) is 8.84. The fourth-order valence-corrected chi connectivity index (χ4v) is 4.92. The highest BCUT2D eigenvalue weighted by Crippen LogP contribution is 2.34. The zero-order valence-corrected chi connectivity index (χ0v) is 12.7. The van der Waals surface area contributed by atoms with Crippen LogP contribution in [0.2, 0.25) is 0 Å². The van der Waals surface area contributed by atoms with E-state index in [0.717, 1.165) is 24.0 Å². The molecule has 2 aliphatic carbocycles. The van der Waals surface area contributed by atoms with Crippen LogP contribution in [-0.4, -0.2) is 36.1 Å². The fourth-order valence-electron chi connectivity index (χ4n) is 4.92. The van der Waals surface area contributed by atoms with E-state index < -0.39 is 0 Å². The molecule has 3 rings (SSSR count). The second-order valence-electron chi connectivity index (χ2n) is 7.21. The van der Waals surface area contributed by atoms with Gasteiger partial charge < -0.3 is 5.32 Å². The van der Waals surface area contributed by atoms with Crippen molar-refractivity contribution >= 4 is 0 Å². The summed E-state index contributed by atoms with van der Waals surface area (Å²) in [7, 11) is 0. The van der Waals surface area contributed by atoms with Crippen LogP contribution in [0.1, 0.15) is 71.1 Å². The molecule has 2 nitrogen and oxygen atoms in total. The van der Waals surface area contributed by atoms with Gasteiger partial charge in [-0.05, 0) is 38.5 Å². The highest BCUT2D eigenvalue weighted by atomic mass is 15.3. The summed E-state index contributed by atoms with van der Waals surface area (Å²) >= 11 is 0. The second-order valence-corrected chi connectivity index (χ2v) is 7.21. The molecule has 19 heavy (non-hydrogen) atoms. The van der Waals surface area contributed by atoms with E-state index in [-0.39, 0.29) is 0 Å². The minimum atomic E-state index is 0.753. The number of hydrogen-bond donors (Lipinski definition) is 1. The van der Waals surface area contributed by atoms with E-state index in [2.05, 4.69) is 17.1 Å². The Balaban J connectivity index is 1.70. The summed E-state index contributed by atoms with van der Waals surface area (Å²) in [5, 5.41) is 3.71. The molecule has 0 radical (unpaired) electrons. The van der Waals surface area contributed by atoms with E-state index in [0.29, 0.717) is 0 Å². The van der Waals surface area contributed by atoms with Crippen LogP contribution in [0, 0.1) is 5.92 Å². The third-order valence-electron chi connectivity index (χ3n) is 5.88. The van der Waals surface area contributed by atoms with E-state index >= 15 is 0 Å². The van der Waals surface area contributed by atoms with Crippen LogP contribution in [0.4, 0.5) is 0 Å². The first-order valence-corrected chi connectivity index (χ1v) is 8.84. The summed E-state index contributed by atoms with van der Waals surface area (Å²) in [5.41, 5.74) is 0. The van der Waals surface area contributed by atoms with Crippen molar-refractivity contribution < 1.29 is 0 Å². The number of nitrogens with one attached hydrogen (secondary N) is 1. The van der Waals surface area contributed by atoms with E-state index in [1.807, 2.05) is 0 Å². The molecule has 0 aromatic heterocycles. The molecule has 110 valence electrons. The molecule has 2 heteroatoms. The first kappa shape index (κ1) is 13.9. The molecule has 1 heterocycles. The molecule has 1 N–H and O–H groups in total. The van der Waals surface area contributed by atoms with Gasteiger partial charge in [-0.15, -0.1) is 0 Å². The van der Waals surface area contributed by atoms with Crippen LogP contribution in [0.3, 0.4) is 0 Å². The number of rotatable bonds is 2. The Morgan fingerprint density at radius 1 is 0.789 bits per heavy atom. The molecule has 2 saturated carbocycles. The third-order valence-corrected chi connectivity index (χ3v) is 5.88. The van der Waals surface area contributed by atoms with E-state index in [1.54, 1.807) is 0 Å². The average molecular weight is 264 g/mol. The Kier molecular flexibility index (Phi) is 4.81. The van der Waals surface area contributed by atoms with Crippen molar-refractivity contribution in [2.75, 3.05) is 13.1 Å². The number of piperazine rings is 1. The Morgan fingerprint density at radius 3 is 2.11 bits per heavy atom. The Morgan fingerprint density at radius 2 is 1.42 bits per heavy atom. The van der Waals surface area contributed by atoms with Gasteiger partial charge in [0.15, 0.2) is 0 Å². The van der Waals surface area contributed by atoms with Gasteiger partial charge in [-0.1, -0.05) is 38.5 Å². The molecule has 0 amide bonds. The standard InChI is InChI=1S/C17H32N2/c1-14-12-18-13-17(15-8-4-2-5-9-15)19(14)16-10-6-3-7-11-16/h14-18H,2-13H2,1H3. The van der Waals surface area contributed by atoms with Gasteiger partial charge in [-0.3, -0.25) is 4.90 Å². The van der Waals surface area contributed by atoms with Gasteiger partial charge in [-0.25, -0.2) is 0 Å². The summed E-state index contributed by atoms with van der Waals surface area (Å²) < 4.78 is 0. The maximum Gasteiger partial charge on any atom is 0.0255 e. The van der Waals surface area contributed by atoms with Crippen molar-refractivity contribution in [1.29, 1.82) is 0 Å². The predicted octanol–water partition coefficient (Wildman–Crippen LogP) is 3.56. The summed E-state index contributed by atoms with van der Waals surface area (Å²) in [6, 6.07) is 2.49. The molecule has 1 saturated heterocycles. The molecule has 2 atom stereocenters. The van der Waals surface area contributed by atoms with Gasteiger partial charge in [0.05, 0.1) is 0 Å². The van der Waals surface area contributed by atoms with Crippen LogP contribution in [0.5, 0.6) is 0 Å². The van der Waals surface area contributed by atoms with Gasteiger partial charge in [0.1, 0.15) is 0 Å². The number of nitrogens with zero attached hydrogens (tertiary/aromatic N) is 1. The smallest absolute Gasteiger partial charge is 0.0255 e. The molecule has 0 spiro atoms. The second kappa shape index (κ2) is 6.58. The minimum Gasteiger partial charge on any atom is -0.314 e. The highest BCUT2D eigenvalue weighted by molar-refractivity contribution is 4.94. The average Bonchev–Trinajstić information content (AvgIpc) is 2.49. The first-order chi connectivity index (χ1) is 9.36. The Hall–Kier alpha value is -0.0800.